The summed E-state index contributed by atoms with van der Waals surface area (Å²) in [5, 5.41) is 0. The second-order valence-corrected chi connectivity index (χ2v) is 8.90. The van der Waals surface area contributed by atoms with Crippen molar-refractivity contribution in [2.24, 2.45) is 0 Å². The molecule has 0 radical (unpaired) electrons. The van der Waals surface area contributed by atoms with Gasteiger partial charge in [0.05, 0.1) is 19.8 Å². The highest BCUT2D eigenvalue weighted by atomic mass is 32.2. The van der Waals surface area contributed by atoms with Crippen molar-refractivity contribution in [1.82, 2.24) is 9.62 Å². The Kier molecular flexibility index (Phi) is 7.66. The van der Waals surface area contributed by atoms with Crippen LogP contribution in [0.5, 0.6) is 5.75 Å². The largest absolute Gasteiger partial charge is 0.495 e. The molecule has 7 heteroatoms. The Morgan fingerprint density at radius 1 is 1.21 bits per heavy atom. The Bertz CT molecular complexity index is 887. The molecule has 0 bridgehead atoms. The zero-order valence-corrected chi connectivity index (χ0v) is 18.0. The molecule has 1 fully saturated rings. The summed E-state index contributed by atoms with van der Waals surface area (Å²) >= 11 is 0. The van der Waals surface area contributed by atoms with Gasteiger partial charge in [0, 0.05) is 19.6 Å². The number of nitrogens with zero attached hydrogens (tertiary/aromatic N) is 1. The zero-order valence-electron chi connectivity index (χ0n) is 17.1. The predicted octanol–water partition coefficient (Wildman–Crippen LogP) is 3.00. The summed E-state index contributed by atoms with van der Waals surface area (Å²) < 4.78 is 39.3. The molecule has 1 atom stereocenters. The van der Waals surface area contributed by atoms with Crippen molar-refractivity contribution in [3.8, 4) is 5.75 Å². The highest BCUT2D eigenvalue weighted by Gasteiger charge is 2.22. The van der Waals surface area contributed by atoms with Crippen molar-refractivity contribution in [1.29, 1.82) is 0 Å². The first-order valence-electron chi connectivity index (χ1n) is 10.1. The SMILES string of the molecule is CCc1ccc(OC)c(S(=O)(=O)NCCCN2CCOC(c3ccccc3)C2)c1. The maximum Gasteiger partial charge on any atom is 0.244 e. The molecule has 1 unspecified atom stereocenters. The number of ether oxygens (including phenoxy) is 2. The van der Waals surface area contributed by atoms with E-state index in [9.17, 15) is 8.42 Å². The minimum Gasteiger partial charge on any atom is -0.495 e. The molecule has 1 aliphatic heterocycles. The smallest absolute Gasteiger partial charge is 0.244 e. The first-order chi connectivity index (χ1) is 14.0. The summed E-state index contributed by atoms with van der Waals surface area (Å²) in [4.78, 5) is 2.53. The number of rotatable bonds is 9. The molecule has 0 aliphatic carbocycles. The van der Waals surface area contributed by atoms with Crippen LogP contribution in [0.2, 0.25) is 0 Å². The molecule has 29 heavy (non-hydrogen) atoms. The zero-order chi connectivity index (χ0) is 20.7. The molecule has 0 aromatic heterocycles. The number of aryl methyl sites for hydroxylation is 1. The number of methoxy groups -OCH3 is 1. The minimum absolute atomic E-state index is 0.0719. The summed E-state index contributed by atoms with van der Waals surface area (Å²) in [6.45, 7) is 5.57. The van der Waals surface area contributed by atoms with E-state index in [1.165, 1.54) is 12.7 Å². The second kappa shape index (κ2) is 10.2. The fourth-order valence-corrected chi connectivity index (χ4v) is 4.80. The van der Waals surface area contributed by atoms with Crippen molar-refractivity contribution in [2.45, 2.75) is 30.8 Å². The summed E-state index contributed by atoms with van der Waals surface area (Å²) in [5.74, 6) is 0.369. The van der Waals surface area contributed by atoms with Gasteiger partial charge in [-0.05, 0) is 42.6 Å². The van der Waals surface area contributed by atoms with Crippen LogP contribution in [0.1, 0.15) is 30.6 Å². The van der Waals surface area contributed by atoms with Gasteiger partial charge in [-0.2, -0.15) is 0 Å². The van der Waals surface area contributed by atoms with Gasteiger partial charge in [-0.25, -0.2) is 13.1 Å². The number of hydrogen-bond acceptors (Lipinski definition) is 5. The van der Waals surface area contributed by atoms with Crippen LogP contribution in [0.4, 0.5) is 0 Å². The van der Waals surface area contributed by atoms with E-state index in [1.54, 1.807) is 12.1 Å². The minimum atomic E-state index is -3.61. The summed E-state index contributed by atoms with van der Waals surface area (Å²) in [5.41, 5.74) is 2.15. The van der Waals surface area contributed by atoms with Gasteiger partial charge in [0.1, 0.15) is 10.6 Å². The lowest BCUT2D eigenvalue weighted by atomic mass is 10.1. The van der Waals surface area contributed by atoms with Crippen LogP contribution < -0.4 is 9.46 Å². The lowest BCUT2D eigenvalue weighted by Gasteiger charge is -2.33. The summed E-state index contributed by atoms with van der Waals surface area (Å²) in [6, 6.07) is 15.5. The molecule has 0 amide bonds. The molecule has 0 spiro atoms. The lowest BCUT2D eigenvalue weighted by molar-refractivity contribution is -0.0300. The normalized spacial score (nSPS) is 17.9. The van der Waals surface area contributed by atoms with Crippen LogP contribution in [-0.2, 0) is 21.2 Å². The summed E-state index contributed by atoms with van der Waals surface area (Å²) in [7, 11) is -2.12. The van der Waals surface area contributed by atoms with Crippen molar-refractivity contribution in [2.75, 3.05) is 39.9 Å². The number of benzene rings is 2. The van der Waals surface area contributed by atoms with Crippen LogP contribution in [0.15, 0.2) is 53.4 Å². The van der Waals surface area contributed by atoms with Crippen LogP contribution in [0.25, 0.3) is 0 Å². The molecule has 6 nitrogen and oxygen atoms in total. The van der Waals surface area contributed by atoms with Gasteiger partial charge in [-0.15, -0.1) is 0 Å². The van der Waals surface area contributed by atoms with Crippen LogP contribution >= 0.6 is 0 Å². The van der Waals surface area contributed by atoms with Crippen LogP contribution in [-0.4, -0.2) is 53.2 Å². The third kappa shape index (κ3) is 5.79. The summed E-state index contributed by atoms with van der Waals surface area (Å²) in [6.07, 6.45) is 1.57. The van der Waals surface area contributed by atoms with Gasteiger partial charge in [0.15, 0.2) is 0 Å². The molecule has 2 aromatic carbocycles. The fourth-order valence-electron chi connectivity index (χ4n) is 3.51. The topological polar surface area (TPSA) is 67.9 Å². The van der Waals surface area contributed by atoms with E-state index in [-0.39, 0.29) is 11.0 Å². The van der Waals surface area contributed by atoms with Crippen LogP contribution in [0, 0.1) is 0 Å². The van der Waals surface area contributed by atoms with Crippen molar-refractivity contribution < 1.29 is 17.9 Å². The average molecular weight is 419 g/mol. The van der Waals surface area contributed by atoms with Gasteiger partial charge in [0.2, 0.25) is 10.0 Å². The number of nitrogens with one attached hydrogen (secondary N) is 1. The van der Waals surface area contributed by atoms with E-state index in [1.807, 2.05) is 31.2 Å². The molecule has 2 aromatic rings. The molecule has 1 saturated heterocycles. The first kappa shape index (κ1) is 21.8. The average Bonchev–Trinajstić information content (AvgIpc) is 2.77. The maximum atomic E-state index is 12.7. The van der Waals surface area contributed by atoms with Crippen molar-refractivity contribution in [3.63, 3.8) is 0 Å². The third-order valence-electron chi connectivity index (χ3n) is 5.19. The highest BCUT2D eigenvalue weighted by molar-refractivity contribution is 7.89. The standard InChI is InChI=1S/C22H30N2O4S/c1-3-18-10-11-20(27-2)22(16-18)29(25,26)23-12-7-13-24-14-15-28-21(17-24)19-8-5-4-6-9-19/h4-6,8-11,16,21,23H,3,7,12-15,17H2,1-2H3. The van der Waals surface area contributed by atoms with E-state index >= 15 is 0 Å². The van der Waals surface area contributed by atoms with E-state index < -0.39 is 10.0 Å². The maximum absolute atomic E-state index is 12.7. The van der Waals surface area contributed by atoms with E-state index in [0.717, 1.165) is 38.0 Å². The highest BCUT2D eigenvalue weighted by Crippen LogP contribution is 2.25. The Balaban J connectivity index is 1.52. The first-order valence-corrected chi connectivity index (χ1v) is 11.6. The van der Waals surface area contributed by atoms with Gasteiger partial charge in [-0.3, -0.25) is 4.90 Å². The van der Waals surface area contributed by atoms with Gasteiger partial charge in [0.25, 0.3) is 0 Å². The molecule has 1 aliphatic rings. The Labute approximate surface area is 173 Å². The lowest BCUT2D eigenvalue weighted by Crippen LogP contribution is -2.39. The predicted molar refractivity (Wildman–Crippen MR) is 114 cm³/mol. The molecule has 3 rings (SSSR count). The van der Waals surface area contributed by atoms with Gasteiger partial charge < -0.3 is 9.47 Å². The quantitative estimate of drug-likeness (QED) is 0.634. The van der Waals surface area contributed by atoms with Crippen LogP contribution in [0.3, 0.4) is 0 Å². The van der Waals surface area contributed by atoms with Gasteiger partial charge in [-0.1, -0.05) is 43.3 Å². The van der Waals surface area contributed by atoms with E-state index in [0.29, 0.717) is 18.9 Å². The second-order valence-electron chi connectivity index (χ2n) is 7.16. The Hall–Kier alpha value is -1.93. The monoisotopic (exact) mass is 418 g/mol. The molecule has 0 saturated carbocycles. The molecule has 1 heterocycles. The number of hydrogen-bond donors (Lipinski definition) is 1. The Morgan fingerprint density at radius 3 is 2.72 bits per heavy atom. The van der Waals surface area contributed by atoms with Gasteiger partial charge >= 0.3 is 0 Å². The molecule has 1 N–H and O–H groups in total. The van der Waals surface area contributed by atoms with E-state index in [2.05, 4.69) is 21.8 Å². The fraction of sp³-hybridized carbons (Fsp3) is 0.455. The Morgan fingerprint density at radius 2 is 2.00 bits per heavy atom. The number of morpholine rings is 1. The number of sulfonamides is 1. The third-order valence-corrected chi connectivity index (χ3v) is 6.67. The molecule has 158 valence electrons. The van der Waals surface area contributed by atoms with E-state index in [4.69, 9.17) is 9.47 Å². The van der Waals surface area contributed by atoms with Crippen molar-refractivity contribution >= 4 is 10.0 Å². The molecular weight excluding hydrogens is 388 g/mol. The van der Waals surface area contributed by atoms with Crippen molar-refractivity contribution in [3.05, 3.63) is 59.7 Å². The molecular formula is C22H30N2O4S.